The Morgan fingerprint density at radius 1 is 1.39 bits per heavy atom. The van der Waals surface area contributed by atoms with Gasteiger partial charge in [-0.2, -0.15) is 4.98 Å². The van der Waals surface area contributed by atoms with Gasteiger partial charge in [0.05, 0.1) is 25.7 Å². The van der Waals surface area contributed by atoms with Gasteiger partial charge in [-0.15, -0.1) is 0 Å². The molecule has 2 heterocycles. The van der Waals surface area contributed by atoms with Crippen molar-refractivity contribution in [3.05, 3.63) is 11.8 Å². The van der Waals surface area contributed by atoms with Gasteiger partial charge >= 0.3 is 0 Å². The number of hydroxylamine groups is 2. The third kappa shape index (κ3) is 6.93. The second-order valence-electron chi connectivity index (χ2n) is 6.82. The van der Waals surface area contributed by atoms with Crippen molar-refractivity contribution in [2.75, 3.05) is 43.2 Å². The van der Waals surface area contributed by atoms with Crippen LogP contribution in [-0.2, 0) is 14.3 Å². The molecule has 1 aromatic heterocycles. The molecule has 1 aliphatic rings. The molecule has 10 heteroatoms. The Bertz CT molecular complexity index is 639. The van der Waals surface area contributed by atoms with Crippen molar-refractivity contribution in [3.63, 3.8) is 0 Å². The first-order valence-electron chi connectivity index (χ1n) is 9.68. The SMILES string of the molecule is CCCCC[C@H](CN(O)C=O)C(=O)NNc1nc(C)cc(N2CCOCC2)n1. The lowest BCUT2D eigenvalue weighted by Gasteiger charge is -2.28. The number of hydrazine groups is 1. The maximum absolute atomic E-state index is 12.5. The molecule has 156 valence electrons. The molecule has 1 aromatic rings. The van der Waals surface area contributed by atoms with Gasteiger partial charge in [-0.1, -0.05) is 26.2 Å². The van der Waals surface area contributed by atoms with Crippen LogP contribution in [0.25, 0.3) is 0 Å². The van der Waals surface area contributed by atoms with E-state index >= 15 is 0 Å². The van der Waals surface area contributed by atoms with Crippen molar-refractivity contribution in [2.45, 2.75) is 39.5 Å². The number of ether oxygens (including phenoxy) is 1. The number of nitrogens with one attached hydrogen (secondary N) is 2. The fourth-order valence-corrected chi connectivity index (χ4v) is 3.00. The minimum absolute atomic E-state index is 0.0611. The summed E-state index contributed by atoms with van der Waals surface area (Å²) in [7, 11) is 0. The van der Waals surface area contributed by atoms with E-state index in [0.717, 1.165) is 43.9 Å². The highest BCUT2D eigenvalue weighted by Crippen LogP contribution is 2.16. The largest absolute Gasteiger partial charge is 0.378 e. The number of morpholine rings is 1. The second kappa shape index (κ2) is 11.4. The summed E-state index contributed by atoms with van der Waals surface area (Å²) in [5.41, 5.74) is 6.13. The predicted molar refractivity (Wildman–Crippen MR) is 104 cm³/mol. The maximum Gasteiger partial charge on any atom is 0.243 e. The smallest absolute Gasteiger partial charge is 0.243 e. The number of carbonyl (C=O) groups is 2. The molecule has 2 rings (SSSR count). The van der Waals surface area contributed by atoms with Gasteiger partial charge in [-0.25, -0.2) is 10.0 Å². The number of unbranched alkanes of at least 4 members (excludes halogenated alkanes) is 2. The standard InChI is InChI=1S/C18H30N6O4/c1-3-4-5-6-15(12-24(27)13-25)17(26)21-22-18-19-14(2)11-16(20-18)23-7-9-28-10-8-23/h11,13,15,27H,3-10,12H2,1-2H3,(H,21,26)(H,19,20,22)/t15-/m1/s1. The Hall–Kier alpha value is -2.46. The molecule has 28 heavy (non-hydrogen) atoms. The number of amides is 2. The third-order valence-electron chi connectivity index (χ3n) is 4.53. The van der Waals surface area contributed by atoms with E-state index in [1.54, 1.807) is 0 Å². The highest BCUT2D eigenvalue weighted by molar-refractivity contribution is 5.80. The fourth-order valence-electron chi connectivity index (χ4n) is 3.00. The molecule has 2 amide bonds. The Morgan fingerprint density at radius 2 is 2.14 bits per heavy atom. The normalized spacial score (nSPS) is 15.0. The molecular formula is C18H30N6O4. The zero-order valence-electron chi connectivity index (χ0n) is 16.6. The molecule has 10 nitrogen and oxygen atoms in total. The lowest BCUT2D eigenvalue weighted by Crippen LogP contribution is -2.41. The summed E-state index contributed by atoms with van der Waals surface area (Å²) in [5, 5.41) is 9.96. The van der Waals surface area contributed by atoms with E-state index in [1.807, 2.05) is 13.0 Å². The van der Waals surface area contributed by atoms with Gasteiger partial charge in [-0.05, 0) is 13.3 Å². The van der Waals surface area contributed by atoms with Crippen LogP contribution >= 0.6 is 0 Å². The maximum atomic E-state index is 12.5. The molecule has 3 N–H and O–H groups in total. The zero-order valence-corrected chi connectivity index (χ0v) is 16.6. The van der Waals surface area contributed by atoms with Crippen LogP contribution in [0.4, 0.5) is 11.8 Å². The van der Waals surface area contributed by atoms with E-state index in [9.17, 15) is 14.8 Å². The number of carbonyl (C=O) groups excluding carboxylic acids is 2. The fraction of sp³-hybridized carbons (Fsp3) is 0.667. The van der Waals surface area contributed by atoms with Gasteiger partial charge in [0.25, 0.3) is 0 Å². The van der Waals surface area contributed by atoms with Crippen molar-refractivity contribution >= 4 is 24.1 Å². The van der Waals surface area contributed by atoms with Crippen molar-refractivity contribution in [1.82, 2.24) is 20.5 Å². The van der Waals surface area contributed by atoms with Gasteiger partial charge in [0.15, 0.2) is 0 Å². The first-order valence-corrected chi connectivity index (χ1v) is 9.68. The van der Waals surface area contributed by atoms with E-state index in [2.05, 4.69) is 32.6 Å². The highest BCUT2D eigenvalue weighted by Gasteiger charge is 2.21. The van der Waals surface area contributed by atoms with Crippen LogP contribution in [0, 0.1) is 12.8 Å². The summed E-state index contributed by atoms with van der Waals surface area (Å²) in [6.07, 6.45) is 3.70. The number of aryl methyl sites for hydroxylation is 1. The molecule has 1 fully saturated rings. The third-order valence-corrected chi connectivity index (χ3v) is 4.53. The molecule has 0 aliphatic carbocycles. The molecule has 0 bridgehead atoms. The van der Waals surface area contributed by atoms with E-state index in [-0.39, 0.29) is 12.5 Å². The van der Waals surface area contributed by atoms with Gasteiger partial charge in [0.2, 0.25) is 18.3 Å². The summed E-state index contributed by atoms with van der Waals surface area (Å²) in [6, 6.07) is 1.89. The summed E-state index contributed by atoms with van der Waals surface area (Å²) in [6.45, 7) is 6.67. The number of hydrogen-bond donors (Lipinski definition) is 3. The van der Waals surface area contributed by atoms with Crippen LogP contribution < -0.4 is 15.8 Å². The van der Waals surface area contributed by atoms with Crippen molar-refractivity contribution in [2.24, 2.45) is 5.92 Å². The summed E-state index contributed by atoms with van der Waals surface area (Å²) < 4.78 is 5.36. The van der Waals surface area contributed by atoms with Crippen LogP contribution in [0.3, 0.4) is 0 Å². The number of hydrogen-bond acceptors (Lipinski definition) is 8. The number of aromatic nitrogens is 2. The van der Waals surface area contributed by atoms with E-state index in [1.165, 1.54) is 0 Å². The van der Waals surface area contributed by atoms with Crippen molar-refractivity contribution < 1.29 is 19.5 Å². The van der Waals surface area contributed by atoms with Crippen LogP contribution in [0.1, 0.15) is 38.3 Å². The monoisotopic (exact) mass is 394 g/mol. The van der Waals surface area contributed by atoms with Crippen molar-refractivity contribution in [1.29, 1.82) is 0 Å². The van der Waals surface area contributed by atoms with Crippen molar-refractivity contribution in [3.8, 4) is 0 Å². The molecule has 1 atom stereocenters. The Labute approximate surface area is 165 Å². The Balaban J connectivity index is 1.98. The minimum atomic E-state index is -0.530. The topological polar surface area (TPSA) is 120 Å². The number of rotatable bonds is 11. The first-order chi connectivity index (χ1) is 13.5. The molecular weight excluding hydrogens is 364 g/mol. The average Bonchev–Trinajstić information content (AvgIpc) is 2.71. The Morgan fingerprint density at radius 3 is 2.82 bits per heavy atom. The lowest BCUT2D eigenvalue weighted by molar-refractivity contribution is -0.154. The molecule has 0 aromatic carbocycles. The highest BCUT2D eigenvalue weighted by atomic mass is 16.5. The van der Waals surface area contributed by atoms with Gasteiger partial charge in [0.1, 0.15) is 5.82 Å². The molecule has 0 unspecified atom stereocenters. The summed E-state index contributed by atoms with van der Waals surface area (Å²) >= 11 is 0. The molecule has 1 aliphatic heterocycles. The van der Waals surface area contributed by atoms with E-state index in [4.69, 9.17) is 4.74 Å². The van der Waals surface area contributed by atoms with Gasteiger partial charge in [-0.3, -0.25) is 25.6 Å². The molecule has 0 spiro atoms. The molecule has 0 radical (unpaired) electrons. The first kappa shape index (κ1) is 21.8. The van der Waals surface area contributed by atoms with Gasteiger partial charge in [0, 0.05) is 24.8 Å². The van der Waals surface area contributed by atoms with E-state index in [0.29, 0.717) is 37.1 Å². The zero-order chi connectivity index (χ0) is 20.4. The van der Waals surface area contributed by atoms with Crippen LogP contribution in [-0.4, -0.2) is 65.4 Å². The Kier molecular flexibility index (Phi) is 8.89. The molecule has 0 saturated carbocycles. The van der Waals surface area contributed by atoms with E-state index < -0.39 is 5.92 Å². The average molecular weight is 394 g/mol. The quantitative estimate of drug-likeness (QED) is 0.221. The van der Waals surface area contributed by atoms with Crippen LogP contribution in [0.15, 0.2) is 6.07 Å². The molecule has 1 saturated heterocycles. The lowest BCUT2D eigenvalue weighted by atomic mass is 10.0. The predicted octanol–water partition coefficient (Wildman–Crippen LogP) is 1.11. The number of nitrogens with zero attached hydrogens (tertiary/aromatic N) is 4. The summed E-state index contributed by atoms with van der Waals surface area (Å²) in [5.74, 6) is 0.209. The number of anilines is 2. The second-order valence-corrected chi connectivity index (χ2v) is 6.82. The van der Waals surface area contributed by atoms with Gasteiger partial charge < -0.3 is 9.64 Å². The van der Waals surface area contributed by atoms with Crippen LogP contribution in [0.5, 0.6) is 0 Å². The van der Waals surface area contributed by atoms with Crippen LogP contribution in [0.2, 0.25) is 0 Å². The summed E-state index contributed by atoms with van der Waals surface area (Å²) in [4.78, 5) is 34.1. The minimum Gasteiger partial charge on any atom is -0.378 e.